The maximum Gasteiger partial charge on any atom is 0.124 e. The molecule has 0 fully saturated rings. The molecule has 0 atom stereocenters. The number of hydrogen-bond donors (Lipinski definition) is 0. The summed E-state index contributed by atoms with van der Waals surface area (Å²) in [6, 6.07) is 20.8. The van der Waals surface area contributed by atoms with Crippen molar-refractivity contribution in [3.63, 3.8) is 0 Å². The van der Waals surface area contributed by atoms with Gasteiger partial charge in [0.2, 0.25) is 0 Å². The topological polar surface area (TPSA) is 17.8 Å². The molecule has 0 aliphatic heterocycles. The lowest BCUT2D eigenvalue weighted by atomic mass is 10.2. The highest BCUT2D eigenvalue weighted by molar-refractivity contribution is 7.21. The van der Waals surface area contributed by atoms with E-state index in [9.17, 15) is 0 Å². The van der Waals surface area contributed by atoms with Gasteiger partial charge in [0.15, 0.2) is 0 Å². The maximum atomic E-state index is 4.69. The molecule has 0 aliphatic rings. The Hall–Kier alpha value is -2.39. The van der Waals surface area contributed by atoms with Crippen LogP contribution in [-0.2, 0) is 0 Å². The Morgan fingerprint density at radius 3 is 2.30 bits per heavy atom. The predicted molar refractivity (Wildman–Crippen MR) is 84.4 cm³/mol. The molecule has 4 aromatic rings. The molecule has 0 amide bonds. The van der Waals surface area contributed by atoms with E-state index in [0.29, 0.717) is 0 Å². The summed E-state index contributed by atoms with van der Waals surface area (Å²) in [6.07, 6.45) is 4.10. The van der Waals surface area contributed by atoms with E-state index in [2.05, 4.69) is 52.0 Å². The normalized spacial score (nSPS) is 11.0. The van der Waals surface area contributed by atoms with Gasteiger partial charge in [-0.15, -0.1) is 11.3 Å². The number of nitrogens with zero attached hydrogens (tertiary/aromatic N) is 2. The summed E-state index contributed by atoms with van der Waals surface area (Å²) in [5.74, 6) is 0. The highest BCUT2D eigenvalue weighted by Gasteiger charge is 2.05. The smallest absolute Gasteiger partial charge is 0.124 e. The molecule has 0 bridgehead atoms. The van der Waals surface area contributed by atoms with Crippen molar-refractivity contribution in [2.75, 3.05) is 0 Å². The van der Waals surface area contributed by atoms with Crippen LogP contribution in [0.2, 0.25) is 0 Å². The van der Waals surface area contributed by atoms with Crippen LogP contribution in [0.15, 0.2) is 73.1 Å². The second-order valence-electron chi connectivity index (χ2n) is 4.62. The lowest BCUT2D eigenvalue weighted by Gasteiger charge is -2.03. The van der Waals surface area contributed by atoms with Gasteiger partial charge in [-0.1, -0.05) is 12.1 Å². The molecule has 2 nitrogen and oxygen atoms in total. The van der Waals surface area contributed by atoms with Gasteiger partial charge in [-0.05, 0) is 48.5 Å². The standard InChI is InChI=1S/C17H12N2S/c1-2-6-16-15(5-1)18-17(20-16)13-7-9-14(10-8-13)19-11-3-4-12-19/h1-12H. The van der Waals surface area contributed by atoms with Crippen LogP contribution < -0.4 is 0 Å². The highest BCUT2D eigenvalue weighted by atomic mass is 32.1. The lowest BCUT2D eigenvalue weighted by Crippen LogP contribution is -1.88. The van der Waals surface area contributed by atoms with Gasteiger partial charge in [0.1, 0.15) is 5.01 Å². The van der Waals surface area contributed by atoms with Crippen molar-refractivity contribution < 1.29 is 0 Å². The van der Waals surface area contributed by atoms with Crippen molar-refractivity contribution >= 4 is 21.6 Å². The predicted octanol–water partition coefficient (Wildman–Crippen LogP) is 4.75. The van der Waals surface area contributed by atoms with Crippen LogP contribution >= 0.6 is 11.3 Å². The Balaban J connectivity index is 1.75. The maximum absolute atomic E-state index is 4.69. The van der Waals surface area contributed by atoms with Crippen LogP contribution in [0.4, 0.5) is 0 Å². The van der Waals surface area contributed by atoms with E-state index in [-0.39, 0.29) is 0 Å². The summed E-state index contributed by atoms with van der Waals surface area (Å²) in [5, 5.41) is 1.07. The average Bonchev–Trinajstić information content (AvgIpc) is 3.17. The molecule has 0 N–H and O–H groups in total. The first kappa shape index (κ1) is 11.4. The van der Waals surface area contributed by atoms with Gasteiger partial charge in [-0.25, -0.2) is 4.98 Å². The molecular weight excluding hydrogens is 264 g/mol. The van der Waals surface area contributed by atoms with Crippen LogP contribution in [0.25, 0.3) is 26.5 Å². The average molecular weight is 276 g/mol. The third kappa shape index (κ3) is 1.92. The number of benzene rings is 2. The molecule has 4 rings (SSSR count). The Morgan fingerprint density at radius 1 is 0.800 bits per heavy atom. The zero-order valence-corrected chi connectivity index (χ0v) is 11.5. The minimum Gasteiger partial charge on any atom is -0.324 e. The Bertz CT molecular complexity index is 809. The first-order valence-corrected chi connectivity index (χ1v) is 7.31. The quantitative estimate of drug-likeness (QED) is 0.516. The number of rotatable bonds is 2. The Labute approximate surface area is 121 Å². The molecule has 96 valence electrons. The summed E-state index contributed by atoms with van der Waals surface area (Å²) in [5.41, 5.74) is 3.41. The van der Waals surface area contributed by atoms with Crippen LogP contribution in [0.5, 0.6) is 0 Å². The van der Waals surface area contributed by atoms with Crippen LogP contribution in [0.3, 0.4) is 0 Å². The monoisotopic (exact) mass is 276 g/mol. The lowest BCUT2D eigenvalue weighted by molar-refractivity contribution is 1.08. The van der Waals surface area contributed by atoms with Crippen molar-refractivity contribution in [3.8, 4) is 16.3 Å². The van der Waals surface area contributed by atoms with E-state index in [1.54, 1.807) is 11.3 Å². The molecule has 2 aromatic carbocycles. The van der Waals surface area contributed by atoms with E-state index >= 15 is 0 Å². The van der Waals surface area contributed by atoms with Crippen LogP contribution in [0, 0.1) is 0 Å². The molecule has 2 aromatic heterocycles. The van der Waals surface area contributed by atoms with Gasteiger partial charge in [-0.3, -0.25) is 0 Å². The minimum absolute atomic E-state index is 1.07. The fourth-order valence-corrected chi connectivity index (χ4v) is 3.25. The van der Waals surface area contributed by atoms with Crippen molar-refractivity contribution in [3.05, 3.63) is 73.1 Å². The number of hydrogen-bond acceptors (Lipinski definition) is 2. The number of aromatic nitrogens is 2. The fraction of sp³-hybridized carbons (Fsp3) is 0. The molecular formula is C17H12N2S. The third-order valence-electron chi connectivity index (χ3n) is 3.31. The minimum atomic E-state index is 1.07. The zero-order chi connectivity index (χ0) is 13.4. The molecule has 0 aliphatic carbocycles. The van der Waals surface area contributed by atoms with Gasteiger partial charge >= 0.3 is 0 Å². The molecule has 0 unspecified atom stereocenters. The Kier molecular flexibility index (Phi) is 2.64. The van der Waals surface area contributed by atoms with E-state index in [0.717, 1.165) is 10.5 Å². The highest BCUT2D eigenvalue weighted by Crippen LogP contribution is 2.30. The van der Waals surface area contributed by atoms with Crippen LogP contribution in [0.1, 0.15) is 0 Å². The second-order valence-corrected chi connectivity index (χ2v) is 5.65. The summed E-state index contributed by atoms with van der Waals surface area (Å²) >= 11 is 1.74. The third-order valence-corrected chi connectivity index (χ3v) is 4.40. The van der Waals surface area contributed by atoms with Crippen molar-refractivity contribution in [1.29, 1.82) is 0 Å². The molecule has 2 heterocycles. The van der Waals surface area contributed by atoms with E-state index in [1.165, 1.54) is 16.0 Å². The second kappa shape index (κ2) is 4.62. The van der Waals surface area contributed by atoms with Gasteiger partial charge in [0, 0.05) is 23.6 Å². The van der Waals surface area contributed by atoms with Crippen molar-refractivity contribution in [1.82, 2.24) is 9.55 Å². The summed E-state index contributed by atoms with van der Waals surface area (Å²) in [6.45, 7) is 0. The molecule has 20 heavy (non-hydrogen) atoms. The first-order valence-electron chi connectivity index (χ1n) is 6.49. The van der Waals surface area contributed by atoms with E-state index in [4.69, 9.17) is 0 Å². The molecule has 0 spiro atoms. The van der Waals surface area contributed by atoms with Crippen LogP contribution in [-0.4, -0.2) is 9.55 Å². The van der Waals surface area contributed by atoms with Crippen molar-refractivity contribution in [2.45, 2.75) is 0 Å². The number of thiazole rings is 1. The fourth-order valence-electron chi connectivity index (χ4n) is 2.28. The molecule has 0 radical (unpaired) electrons. The number of fused-ring (bicyclic) bond motifs is 1. The van der Waals surface area contributed by atoms with Crippen molar-refractivity contribution in [2.24, 2.45) is 0 Å². The van der Waals surface area contributed by atoms with Gasteiger partial charge in [-0.2, -0.15) is 0 Å². The largest absolute Gasteiger partial charge is 0.324 e. The van der Waals surface area contributed by atoms with Gasteiger partial charge in [0.05, 0.1) is 10.2 Å². The Morgan fingerprint density at radius 2 is 1.55 bits per heavy atom. The summed E-state index contributed by atoms with van der Waals surface area (Å²) < 4.78 is 3.33. The van der Waals surface area contributed by atoms with Gasteiger partial charge < -0.3 is 4.57 Å². The van der Waals surface area contributed by atoms with E-state index < -0.39 is 0 Å². The summed E-state index contributed by atoms with van der Waals surface area (Å²) in [7, 11) is 0. The molecule has 0 saturated heterocycles. The number of para-hydroxylation sites is 1. The van der Waals surface area contributed by atoms with Gasteiger partial charge in [0.25, 0.3) is 0 Å². The zero-order valence-electron chi connectivity index (χ0n) is 10.7. The van der Waals surface area contributed by atoms with E-state index in [1.807, 2.05) is 30.6 Å². The molecule has 3 heteroatoms. The SMILES string of the molecule is c1ccc2sc(-c3ccc(-n4cccc4)cc3)nc2c1. The first-order chi connectivity index (χ1) is 9.90. The molecule has 0 saturated carbocycles. The summed E-state index contributed by atoms with van der Waals surface area (Å²) in [4.78, 5) is 4.69.